The van der Waals surface area contributed by atoms with Gasteiger partial charge in [-0.2, -0.15) is 17.5 Å². The van der Waals surface area contributed by atoms with Crippen LogP contribution in [0.2, 0.25) is 5.02 Å². The highest BCUT2D eigenvalue weighted by Crippen LogP contribution is 2.35. The van der Waals surface area contributed by atoms with Gasteiger partial charge in [-0.1, -0.05) is 18.2 Å². The van der Waals surface area contributed by atoms with Crippen LogP contribution >= 0.6 is 11.6 Å². The Morgan fingerprint density at radius 2 is 1.88 bits per heavy atom. The molecule has 1 N–H and O–H groups in total. The third-order valence-electron chi connectivity index (χ3n) is 5.25. The number of halogens is 4. The minimum absolute atomic E-state index is 0.0278. The second-order valence-corrected chi connectivity index (χ2v) is 10.1. The number of pyridine rings is 1. The van der Waals surface area contributed by atoms with Crippen LogP contribution in [0, 0.1) is 0 Å². The van der Waals surface area contributed by atoms with Gasteiger partial charge in [-0.3, -0.25) is 4.79 Å². The number of sulfonamides is 1. The molecule has 2 heterocycles. The Morgan fingerprint density at radius 3 is 2.39 bits per heavy atom. The van der Waals surface area contributed by atoms with Gasteiger partial charge in [0.25, 0.3) is 0 Å². The molecule has 33 heavy (non-hydrogen) atoms. The molecule has 12 heteroatoms. The predicted molar refractivity (Wildman–Crippen MR) is 116 cm³/mol. The number of amides is 1. The second-order valence-electron chi connectivity index (χ2n) is 7.74. The Labute approximate surface area is 194 Å². The average molecular weight is 504 g/mol. The summed E-state index contributed by atoms with van der Waals surface area (Å²) < 4.78 is 70.9. The van der Waals surface area contributed by atoms with Gasteiger partial charge in [-0.05, 0) is 56.2 Å². The summed E-state index contributed by atoms with van der Waals surface area (Å²) in [5.74, 6) is -0.398. The number of carbonyl (C=O) groups excluding carboxylic acids is 1. The van der Waals surface area contributed by atoms with Crippen LogP contribution in [0.25, 0.3) is 0 Å². The van der Waals surface area contributed by atoms with E-state index in [1.54, 1.807) is 0 Å². The number of hydrogen-bond donors (Lipinski definition) is 1. The third-order valence-corrected chi connectivity index (χ3v) is 7.43. The van der Waals surface area contributed by atoms with Gasteiger partial charge in [0.2, 0.25) is 21.8 Å². The third kappa shape index (κ3) is 5.84. The highest BCUT2D eigenvalue weighted by molar-refractivity contribution is 7.89. The molecule has 178 valence electrons. The standard InChI is InChI=1S/C21H21ClF3N3O4S/c1-3-18(29)27-20(2)8-10-28(11-9-20)33(30,31)16-6-4-15(5-7-16)32-19-17(22)12-14(13-26-19)21(23,24)25/h3-7,12-13H,1,8-11H2,2H3,(H,27,29). The number of ether oxygens (including phenoxy) is 1. The fourth-order valence-corrected chi connectivity index (χ4v) is 4.94. The Kier molecular flexibility index (Phi) is 7.06. The summed E-state index contributed by atoms with van der Waals surface area (Å²) in [5.41, 5.74) is -1.54. The first kappa shape index (κ1) is 25.0. The highest BCUT2D eigenvalue weighted by Gasteiger charge is 2.36. The van der Waals surface area contributed by atoms with Gasteiger partial charge in [-0.25, -0.2) is 13.4 Å². The Hall–Kier alpha value is -2.63. The van der Waals surface area contributed by atoms with Crippen LogP contribution in [0.4, 0.5) is 13.2 Å². The second kappa shape index (κ2) is 9.32. The summed E-state index contributed by atoms with van der Waals surface area (Å²) in [5, 5.41) is 2.50. The smallest absolute Gasteiger partial charge is 0.417 e. The van der Waals surface area contributed by atoms with Crippen LogP contribution < -0.4 is 10.1 Å². The van der Waals surface area contributed by atoms with Crippen molar-refractivity contribution in [1.82, 2.24) is 14.6 Å². The van der Waals surface area contributed by atoms with Gasteiger partial charge in [-0.15, -0.1) is 0 Å². The normalized spacial score (nSPS) is 16.8. The van der Waals surface area contributed by atoms with Gasteiger partial charge in [0, 0.05) is 24.8 Å². The lowest BCUT2D eigenvalue weighted by atomic mass is 9.90. The molecule has 1 fully saturated rings. The zero-order valence-corrected chi connectivity index (χ0v) is 19.1. The van der Waals surface area contributed by atoms with Crippen LogP contribution in [0.15, 0.2) is 54.1 Å². The fraction of sp³-hybridized carbons (Fsp3) is 0.333. The molecule has 0 atom stereocenters. The Bertz CT molecular complexity index is 1150. The van der Waals surface area contributed by atoms with E-state index in [4.69, 9.17) is 16.3 Å². The molecule has 0 bridgehead atoms. The SMILES string of the molecule is C=CC(=O)NC1(C)CCN(S(=O)(=O)c2ccc(Oc3ncc(C(F)(F)F)cc3Cl)cc2)CC1. The van der Waals surface area contributed by atoms with Crippen molar-refractivity contribution in [2.24, 2.45) is 0 Å². The van der Waals surface area contributed by atoms with E-state index in [0.717, 1.165) is 0 Å². The molecule has 0 spiro atoms. The molecule has 1 aliphatic rings. The van der Waals surface area contributed by atoms with E-state index in [9.17, 15) is 26.4 Å². The number of nitrogens with one attached hydrogen (secondary N) is 1. The van der Waals surface area contributed by atoms with Crippen molar-refractivity contribution in [2.75, 3.05) is 13.1 Å². The molecule has 2 aromatic rings. The van der Waals surface area contributed by atoms with Crippen molar-refractivity contribution in [3.8, 4) is 11.6 Å². The van der Waals surface area contributed by atoms with Crippen LogP contribution in [0.1, 0.15) is 25.3 Å². The summed E-state index contributed by atoms with van der Waals surface area (Å²) in [6.07, 6.45) is -1.95. The largest absolute Gasteiger partial charge is 0.438 e. The molecule has 0 unspecified atom stereocenters. The maximum Gasteiger partial charge on any atom is 0.417 e. The van der Waals surface area contributed by atoms with E-state index in [1.165, 1.54) is 34.6 Å². The minimum atomic E-state index is -4.59. The van der Waals surface area contributed by atoms with Gasteiger partial charge >= 0.3 is 6.18 Å². The lowest BCUT2D eigenvalue weighted by molar-refractivity contribution is -0.137. The topological polar surface area (TPSA) is 88.6 Å². The van der Waals surface area contributed by atoms with Crippen LogP contribution in [-0.4, -0.2) is 42.2 Å². The van der Waals surface area contributed by atoms with Crippen molar-refractivity contribution >= 4 is 27.5 Å². The highest BCUT2D eigenvalue weighted by atomic mass is 35.5. The number of hydrogen-bond acceptors (Lipinski definition) is 5. The van der Waals surface area contributed by atoms with E-state index in [1.807, 2.05) is 6.92 Å². The van der Waals surface area contributed by atoms with Crippen LogP contribution in [0.5, 0.6) is 11.6 Å². The first-order chi connectivity index (χ1) is 15.3. The van der Waals surface area contributed by atoms with Crippen molar-refractivity contribution in [1.29, 1.82) is 0 Å². The van der Waals surface area contributed by atoms with Gasteiger partial charge in [0.05, 0.1) is 10.5 Å². The van der Waals surface area contributed by atoms with Crippen molar-refractivity contribution in [2.45, 2.75) is 36.4 Å². The first-order valence-electron chi connectivity index (χ1n) is 9.79. The molecule has 1 aromatic heterocycles. The number of piperidine rings is 1. The maximum atomic E-state index is 13.0. The molecule has 0 saturated carbocycles. The van der Waals surface area contributed by atoms with Crippen molar-refractivity contribution in [3.05, 3.63) is 59.8 Å². The summed E-state index contributed by atoms with van der Waals surface area (Å²) in [6.45, 7) is 5.71. The molecule has 7 nitrogen and oxygen atoms in total. The number of aromatic nitrogens is 1. The lowest BCUT2D eigenvalue weighted by Gasteiger charge is -2.39. The Morgan fingerprint density at radius 1 is 1.27 bits per heavy atom. The fourth-order valence-electron chi connectivity index (χ4n) is 3.29. The number of alkyl halides is 3. The maximum absolute atomic E-state index is 13.0. The van der Waals surface area contributed by atoms with E-state index >= 15 is 0 Å². The van der Waals surface area contributed by atoms with Gasteiger partial charge < -0.3 is 10.1 Å². The molecule has 1 aliphatic heterocycles. The first-order valence-corrected chi connectivity index (χ1v) is 11.6. The van der Waals surface area contributed by atoms with E-state index in [-0.39, 0.29) is 40.5 Å². The summed E-state index contributed by atoms with van der Waals surface area (Å²) >= 11 is 5.83. The van der Waals surface area contributed by atoms with E-state index in [0.29, 0.717) is 25.1 Å². The zero-order chi connectivity index (χ0) is 24.4. The van der Waals surface area contributed by atoms with Crippen molar-refractivity contribution in [3.63, 3.8) is 0 Å². The van der Waals surface area contributed by atoms with Crippen LogP contribution in [0.3, 0.4) is 0 Å². The van der Waals surface area contributed by atoms with Gasteiger partial charge in [0.1, 0.15) is 10.8 Å². The molecule has 1 aromatic carbocycles. The number of carbonyl (C=O) groups is 1. The lowest BCUT2D eigenvalue weighted by Crippen LogP contribution is -2.53. The van der Waals surface area contributed by atoms with Gasteiger partial charge in [0.15, 0.2) is 0 Å². The predicted octanol–water partition coefficient (Wildman–Crippen LogP) is 4.39. The monoisotopic (exact) mass is 503 g/mol. The van der Waals surface area contributed by atoms with E-state index < -0.39 is 27.3 Å². The molecule has 3 rings (SSSR count). The molecule has 0 radical (unpaired) electrons. The number of nitrogens with zero attached hydrogens (tertiary/aromatic N) is 2. The zero-order valence-electron chi connectivity index (χ0n) is 17.5. The molecular formula is C21H21ClF3N3O4S. The molecular weight excluding hydrogens is 483 g/mol. The molecule has 1 saturated heterocycles. The molecule has 1 amide bonds. The number of rotatable bonds is 6. The summed E-state index contributed by atoms with van der Waals surface area (Å²) in [4.78, 5) is 15.2. The average Bonchev–Trinajstić information content (AvgIpc) is 2.75. The van der Waals surface area contributed by atoms with E-state index in [2.05, 4.69) is 16.9 Å². The summed E-state index contributed by atoms with van der Waals surface area (Å²) in [6, 6.07) is 6.08. The molecule has 0 aliphatic carbocycles. The van der Waals surface area contributed by atoms with Crippen molar-refractivity contribution < 1.29 is 31.1 Å². The Balaban J connectivity index is 1.68. The number of benzene rings is 1. The summed E-state index contributed by atoms with van der Waals surface area (Å²) in [7, 11) is -3.79. The van der Waals surface area contributed by atoms with Crippen LogP contribution in [-0.2, 0) is 21.0 Å². The minimum Gasteiger partial charge on any atom is -0.438 e. The quantitative estimate of drug-likeness (QED) is 0.591.